The molecule has 0 spiro atoms. The van der Waals surface area contributed by atoms with Gasteiger partial charge in [0.05, 0.1) is 10.9 Å². The first kappa shape index (κ1) is 21.5. The third kappa shape index (κ3) is 4.98. The third-order valence-electron chi connectivity index (χ3n) is 5.48. The summed E-state index contributed by atoms with van der Waals surface area (Å²) in [7, 11) is 0. The van der Waals surface area contributed by atoms with Gasteiger partial charge < -0.3 is 10.3 Å². The average Bonchev–Trinajstić information content (AvgIpc) is 3.11. The van der Waals surface area contributed by atoms with E-state index in [0.717, 1.165) is 48.2 Å². The van der Waals surface area contributed by atoms with E-state index in [2.05, 4.69) is 15.3 Å². The average molecular weight is 449 g/mol. The SMILES string of the molecule is O=C(CCc1nc2sc3c(c2c(=O)[nH]1)CCCC3)NCCc1ccc(C(F)(F)F)cc1. The number of hydrogen-bond acceptors (Lipinski definition) is 4. The van der Waals surface area contributed by atoms with Gasteiger partial charge in [-0.1, -0.05) is 12.1 Å². The van der Waals surface area contributed by atoms with Crippen molar-refractivity contribution in [3.05, 3.63) is 62.0 Å². The molecule has 9 heteroatoms. The molecule has 5 nitrogen and oxygen atoms in total. The molecular formula is C22H22F3N3O2S. The zero-order valence-electron chi connectivity index (χ0n) is 16.8. The van der Waals surface area contributed by atoms with Gasteiger partial charge in [-0.25, -0.2) is 4.98 Å². The summed E-state index contributed by atoms with van der Waals surface area (Å²) < 4.78 is 37.8. The minimum absolute atomic E-state index is 0.137. The lowest BCUT2D eigenvalue weighted by molar-refractivity contribution is -0.137. The lowest BCUT2D eigenvalue weighted by Gasteiger charge is -2.09. The molecule has 3 aromatic rings. The van der Waals surface area contributed by atoms with Gasteiger partial charge in [-0.3, -0.25) is 9.59 Å². The summed E-state index contributed by atoms with van der Waals surface area (Å²) in [5.41, 5.74) is 1.02. The van der Waals surface area contributed by atoms with Crippen LogP contribution >= 0.6 is 11.3 Å². The van der Waals surface area contributed by atoms with Gasteiger partial charge in [-0.05, 0) is 55.4 Å². The van der Waals surface area contributed by atoms with Crippen molar-refractivity contribution in [1.82, 2.24) is 15.3 Å². The molecule has 1 aromatic carbocycles. The van der Waals surface area contributed by atoms with Crippen LogP contribution in [0.25, 0.3) is 10.2 Å². The Morgan fingerprint density at radius 3 is 2.61 bits per heavy atom. The van der Waals surface area contributed by atoms with Crippen molar-refractivity contribution in [1.29, 1.82) is 0 Å². The Bertz CT molecular complexity index is 1150. The number of fused-ring (bicyclic) bond motifs is 3. The fraction of sp³-hybridized carbons (Fsp3) is 0.409. The molecule has 1 aliphatic carbocycles. The first-order valence-electron chi connectivity index (χ1n) is 10.3. The number of nitrogens with one attached hydrogen (secondary N) is 2. The first-order valence-corrected chi connectivity index (χ1v) is 11.1. The Hall–Kier alpha value is -2.68. The fourth-order valence-corrected chi connectivity index (χ4v) is 5.13. The quantitative estimate of drug-likeness (QED) is 0.593. The lowest BCUT2D eigenvalue weighted by atomic mass is 9.97. The molecule has 0 saturated carbocycles. The van der Waals surface area contributed by atoms with Crippen molar-refractivity contribution in [2.75, 3.05) is 6.54 Å². The van der Waals surface area contributed by atoms with Crippen LogP contribution in [-0.2, 0) is 36.7 Å². The van der Waals surface area contributed by atoms with Crippen LogP contribution < -0.4 is 10.9 Å². The molecule has 31 heavy (non-hydrogen) atoms. The number of carbonyl (C=O) groups excluding carboxylic acids is 1. The highest BCUT2D eigenvalue weighted by Gasteiger charge is 2.29. The molecule has 0 fully saturated rings. The highest BCUT2D eigenvalue weighted by Crippen LogP contribution is 2.33. The van der Waals surface area contributed by atoms with Crippen LogP contribution in [0.3, 0.4) is 0 Å². The van der Waals surface area contributed by atoms with Crippen LogP contribution in [0.5, 0.6) is 0 Å². The molecule has 2 aromatic heterocycles. The van der Waals surface area contributed by atoms with Gasteiger partial charge in [0.1, 0.15) is 10.7 Å². The number of hydrogen-bond donors (Lipinski definition) is 2. The van der Waals surface area contributed by atoms with Crippen LogP contribution in [-0.4, -0.2) is 22.4 Å². The molecule has 2 N–H and O–H groups in total. The van der Waals surface area contributed by atoms with E-state index in [4.69, 9.17) is 0 Å². The third-order valence-corrected chi connectivity index (χ3v) is 6.67. The Kier molecular flexibility index (Phi) is 6.13. The van der Waals surface area contributed by atoms with E-state index in [1.807, 2.05) is 0 Å². The highest BCUT2D eigenvalue weighted by molar-refractivity contribution is 7.18. The maximum absolute atomic E-state index is 12.6. The smallest absolute Gasteiger partial charge is 0.356 e. The van der Waals surface area contributed by atoms with Gasteiger partial charge in [-0.2, -0.15) is 13.2 Å². The second kappa shape index (κ2) is 8.82. The second-order valence-electron chi connectivity index (χ2n) is 7.70. The van der Waals surface area contributed by atoms with E-state index in [0.29, 0.717) is 36.2 Å². The number of aromatic amines is 1. The Balaban J connectivity index is 1.30. The maximum atomic E-state index is 12.6. The minimum atomic E-state index is -4.35. The monoisotopic (exact) mass is 449 g/mol. The summed E-state index contributed by atoms with van der Waals surface area (Å²) in [4.78, 5) is 34.0. The van der Waals surface area contributed by atoms with Crippen LogP contribution in [0.4, 0.5) is 13.2 Å². The number of halogens is 3. The van der Waals surface area contributed by atoms with Gasteiger partial charge in [0.15, 0.2) is 0 Å². The van der Waals surface area contributed by atoms with E-state index in [1.165, 1.54) is 17.0 Å². The van der Waals surface area contributed by atoms with E-state index in [1.54, 1.807) is 11.3 Å². The normalized spacial score (nSPS) is 13.9. The number of nitrogens with zero attached hydrogens (tertiary/aromatic N) is 1. The number of aryl methyl sites for hydroxylation is 3. The zero-order chi connectivity index (χ0) is 22.0. The van der Waals surface area contributed by atoms with E-state index >= 15 is 0 Å². The minimum Gasteiger partial charge on any atom is -0.356 e. The number of H-pyrrole nitrogens is 1. The molecular weight excluding hydrogens is 427 g/mol. The van der Waals surface area contributed by atoms with Gasteiger partial charge >= 0.3 is 6.18 Å². The summed E-state index contributed by atoms with van der Waals surface area (Å²) in [6.07, 6.45) is 0.711. The molecule has 0 aliphatic heterocycles. The molecule has 0 saturated heterocycles. The number of rotatable bonds is 6. The van der Waals surface area contributed by atoms with Crippen molar-refractivity contribution >= 4 is 27.5 Å². The predicted octanol–water partition coefficient (Wildman–Crippen LogP) is 4.17. The lowest BCUT2D eigenvalue weighted by Crippen LogP contribution is -2.26. The zero-order valence-corrected chi connectivity index (χ0v) is 17.6. The van der Waals surface area contributed by atoms with Gasteiger partial charge in [0.25, 0.3) is 5.56 Å². The number of alkyl halides is 3. The second-order valence-corrected chi connectivity index (χ2v) is 8.78. The van der Waals surface area contributed by atoms with Crippen LogP contribution in [0.15, 0.2) is 29.1 Å². The van der Waals surface area contributed by atoms with E-state index < -0.39 is 11.7 Å². The molecule has 0 unspecified atom stereocenters. The van der Waals surface area contributed by atoms with Crippen molar-refractivity contribution in [2.45, 2.75) is 51.1 Å². The number of carbonyl (C=O) groups is 1. The van der Waals surface area contributed by atoms with Crippen LogP contribution in [0.1, 0.15) is 46.7 Å². The molecule has 1 aliphatic rings. The van der Waals surface area contributed by atoms with Crippen LogP contribution in [0.2, 0.25) is 0 Å². The maximum Gasteiger partial charge on any atom is 0.416 e. The molecule has 2 heterocycles. The summed E-state index contributed by atoms with van der Waals surface area (Å²) in [6, 6.07) is 4.91. The van der Waals surface area contributed by atoms with Crippen molar-refractivity contribution < 1.29 is 18.0 Å². The van der Waals surface area contributed by atoms with Gasteiger partial charge in [0.2, 0.25) is 5.91 Å². The van der Waals surface area contributed by atoms with Crippen molar-refractivity contribution in [3.8, 4) is 0 Å². The Morgan fingerprint density at radius 2 is 1.87 bits per heavy atom. The molecule has 1 amide bonds. The fourth-order valence-electron chi connectivity index (χ4n) is 3.85. The van der Waals surface area contributed by atoms with E-state index in [-0.39, 0.29) is 17.9 Å². The largest absolute Gasteiger partial charge is 0.416 e. The summed E-state index contributed by atoms with van der Waals surface area (Å²) in [5, 5.41) is 3.46. The molecule has 164 valence electrons. The number of amides is 1. The molecule has 4 rings (SSSR count). The summed E-state index contributed by atoms with van der Waals surface area (Å²) >= 11 is 1.57. The van der Waals surface area contributed by atoms with Crippen molar-refractivity contribution in [3.63, 3.8) is 0 Å². The first-order chi connectivity index (χ1) is 14.8. The summed E-state index contributed by atoms with van der Waals surface area (Å²) in [6.45, 7) is 0.324. The van der Waals surface area contributed by atoms with E-state index in [9.17, 15) is 22.8 Å². The highest BCUT2D eigenvalue weighted by atomic mass is 32.1. The Morgan fingerprint density at radius 1 is 1.13 bits per heavy atom. The summed E-state index contributed by atoms with van der Waals surface area (Å²) in [5.74, 6) is 0.300. The topological polar surface area (TPSA) is 74.8 Å². The number of benzene rings is 1. The van der Waals surface area contributed by atoms with Gasteiger partial charge in [-0.15, -0.1) is 11.3 Å². The van der Waals surface area contributed by atoms with Gasteiger partial charge in [0, 0.05) is 24.3 Å². The number of aromatic nitrogens is 2. The molecule has 0 atom stereocenters. The predicted molar refractivity (Wildman–Crippen MR) is 113 cm³/mol. The standard InChI is InChI=1S/C22H22F3N3O2S/c23-22(24,25)14-7-5-13(6-8-14)11-12-26-18(29)10-9-17-27-20(30)19-15-3-1-2-4-16(15)31-21(19)28-17/h5-8H,1-4,9-12H2,(H,26,29)(H,27,28,30). The van der Waals surface area contributed by atoms with Crippen LogP contribution in [0, 0.1) is 0 Å². The van der Waals surface area contributed by atoms with Crippen molar-refractivity contribution in [2.24, 2.45) is 0 Å². The number of thiophene rings is 1. The molecule has 0 radical (unpaired) electrons. The Labute approximate surface area is 180 Å². The molecule has 0 bridgehead atoms.